The number of rotatable bonds is 18. The highest BCUT2D eigenvalue weighted by Crippen LogP contribution is 2.32. The summed E-state index contributed by atoms with van der Waals surface area (Å²) in [7, 11) is 0. The van der Waals surface area contributed by atoms with Crippen LogP contribution in [0.3, 0.4) is 0 Å². The Morgan fingerprint density at radius 1 is 0.943 bits per heavy atom. The van der Waals surface area contributed by atoms with Gasteiger partial charge in [0.15, 0.2) is 16.9 Å². The topological polar surface area (TPSA) is 91.8 Å². The maximum absolute atomic E-state index is 11.2. The summed E-state index contributed by atoms with van der Waals surface area (Å²) >= 11 is -1.77. The molecule has 2 aromatic carbocycles. The van der Waals surface area contributed by atoms with E-state index in [-0.39, 0.29) is 11.7 Å². The Kier molecular flexibility index (Phi) is 12.4. The molecule has 3 aromatic rings. The maximum Gasteiger partial charge on any atom is 0.175 e. The first kappa shape index (κ1) is 27.5. The van der Waals surface area contributed by atoms with Gasteiger partial charge in [-0.25, -0.2) is 4.21 Å². The molecule has 0 radical (unpaired) electrons. The second-order valence-corrected chi connectivity index (χ2v) is 10.8. The number of unbranched alkanes of at least 4 members (excludes halogenated alkanes) is 9. The van der Waals surface area contributed by atoms with Crippen LogP contribution in [0.25, 0.3) is 10.8 Å². The van der Waals surface area contributed by atoms with Gasteiger partial charge in [0, 0.05) is 12.2 Å². The summed E-state index contributed by atoms with van der Waals surface area (Å²) in [6, 6.07) is 13.3. The number of hydrogen-bond acceptors (Lipinski definition) is 4. The molecule has 2 atom stereocenters. The molecule has 0 spiro atoms. The first-order chi connectivity index (χ1) is 17.2. The van der Waals surface area contributed by atoms with E-state index >= 15 is 0 Å². The lowest BCUT2D eigenvalue weighted by Crippen LogP contribution is -2.08. The van der Waals surface area contributed by atoms with Crippen molar-refractivity contribution in [2.45, 2.75) is 103 Å². The number of nitrogens with one attached hydrogen (secondary N) is 1. The number of tetrazole rings is 1. The SMILES string of the molecule is CCCCCCCCCCCCc1ccc2cccc(C(CCCS(=O)O)Cc3nn[nH]n3)c2c1. The molecule has 2 N–H and O–H groups in total. The molecular formula is C28H42N4O2S. The highest BCUT2D eigenvalue weighted by atomic mass is 32.2. The van der Waals surface area contributed by atoms with Crippen molar-refractivity contribution in [1.82, 2.24) is 20.6 Å². The van der Waals surface area contributed by atoms with E-state index in [1.54, 1.807) is 0 Å². The number of hydrogen-bond donors (Lipinski definition) is 2. The van der Waals surface area contributed by atoms with Crippen molar-refractivity contribution in [3.05, 3.63) is 53.3 Å². The molecule has 1 heterocycles. The fourth-order valence-electron chi connectivity index (χ4n) is 4.98. The average Bonchev–Trinajstić information content (AvgIpc) is 3.37. The number of H-pyrrole nitrogens is 1. The third-order valence-corrected chi connectivity index (χ3v) is 7.57. The van der Waals surface area contributed by atoms with Gasteiger partial charge in [-0.05, 0) is 53.5 Å². The summed E-state index contributed by atoms with van der Waals surface area (Å²) in [5, 5.41) is 17.1. The predicted octanol–water partition coefficient (Wildman–Crippen LogP) is 7.14. The van der Waals surface area contributed by atoms with Crippen molar-refractivity contribution in [2.75, 3.05) is 5.75 Å². The highest BCUT2D eigenvalue weighted by molar-refractivity contribution is 7.79. The molecule has 6 nitrogen and oxygen atoms in total. The third kappa shape index (κ3) is 9.80. The molecule has 0 bridgehead atoms. The quantitative estimate of drug-likeness (QED) is 0.144. The van der Waals surface area contributed by atoms with Gasteiger partial charge in [-0.2, -0.15) is 5.21 Å². The molecule has 3 rings (SSSR count). The second-order valence-electron chi connectivity index (χ2n) is 9.73. The summed E-state index contributed by atoms with van der Waals surface area (Å²) in [5.41, 5.74) is 2.65. The van der Waals surface area contributed by atoms with Gasteiger partial charge < -0.3 is 4.55 Å². The van der Waals surface area contributed by atoms with E-state index in [1.807, 2.05) is 0 Å². The van der Waals surface area contributed by atoms with Gasteiger partial charge in [-0.15, -0.1) is 10.2 Å². The zero-order valence-electron chi connectivity index (χ0n) is 21.3. The molecule has 0 fully saturated rings. The van der Waals surface area contributed by atoms with Crippen molar-refractivity contribution in [2.24, 2.45) is 0 Å². The molecule has 35 heavy (non-hydrogen) atoms. The van der Waals surface area contributed by atoms with Crippen molar-refractivity contribution in [3.63, 3.8) is 0 Å². The van der Waals surface area contributed by atoms with Crippen LogP contribution in [0.5, 0.6) is 0 Å². The van der Waals surface area contributed by atoms with Crippen LogP contribution in [0.4, 0.5) is 0 Å². The van der Waals surface area contributed by atoms with Crippen molar-refractivity contribution < 1.29 is 8.76 Å². The van der Waals surface area contributed by atoms with Crippen LogP contribution in [-0.2, 0) is 23.9 Å². The number of aromatic amines is 1. The summed E-state index contributed by atoms with van der Waals surface area (Å²) < 4.78 is 20.4. The minimum Gasteiger partial charge on any atom is -0.306 e. The lowest BCUT2D eigenvalue weighted by molar-refractivity contribution is 0.550. The maximum atomic E-state index is 11.2. The molecule has 7 heteroatoms. The number of aromatic nitrogens is 4. The van der Waals surface area contributed by atoms with E-state index in [0.29, 0.717) is 18.7 Å². The van der Waals surface area contributed by atoms with Crippen molar-refractivity contribution >= 4 is 21.9 Å². The minimum atomic E-state index is -1.77. The molecule has 0 amide bonds. The molecule has 1 aromatic heterocycles. The molecule has 0 saturated heterocycles. The van der Waals surface area contributed by atoms with E-state index in [1.165, 1.54) is 86.1 Å². The van der Waals surface area contributed by atoms with Gasteiger partial charge >= 0.3 is 0 Å². The first-order valence-corrected chi connectivity index (χ1v) is 14.8. The second kappa shape index (κ2) is 15.8. The Labute approximate surface area is 213 Å². The molecule has 0 saturated carbocycles. The largest absolute Gasteiger partial charge is 0.306 e. The van der Waals surface area contributed by atoms with Gasteiger partial charge in [-0.3, -0.25) is 0 Å². The fourth-order valence-corrected chi connectivity index (χ4v) is 5.40. The third-order valence-electron chi connectivity index (χ3n) is 6.93. The molecule has 2 unspecified atom stereocenters. The zero-order chi connectivity index (χ0) is 24.7. The minimum absolute atomic E-state index is 0.174. The van der Waals surface area contributed by atoms with Gasteiger partial charge in [0.1, 0.15) is 0 Å². The molecular weight excluding hydrogens is 456 g/mol. The highest BCUT2D eigenvalue weighted by Gasteiger charge is 2.18. The normalized spacial score (nSPS) is 13.3. The molecule has 0 aliphatic heterocycles. The molecule has 0 aliphatic rings. The lowest BCUT2D eigenvalue weighted by Gasteiger charge is -2.18. The summed E-state index contributed by atoms with van der Waals surface area (Å²) in [4.78, 5) is 0. The standard InChI is InChI=1S/C28H42N4O2S/c1-2-3-4-5-6-7-8-9-10-11-14-23-18-19-24-15-12-17-26(27(24)21-23)25(16-13-20-35(33)34)22-28-29-31-32-30-28/h12,15,17-19,21,25H,2-11,13-14,16,20,22H2,1H3,(H,33,34)(H,29,30,31,32). The van der Waals surface area contributed by atoms with Crippen molar-refractivity contribution in [1.29, 1.82) is 0 Å². The Morgan fingerprint density at radius 3 is 2.37 bits per heavy atom. The smallest absolute Gasteiger partial charge is 0.175 e. The van der Waals surface area contributed by atoms with E-state index in [9.17, 15) is 8.76 Å². The van der Waals surface area contributed by atoms with Crippen LogP contribution in [-0.4, -0.2) is 35.1 Å². The first-order valence-electron chi connectivity index (χ1n) is 13.5. The van der Waals surface area contributed by atoms with Gasteiger partial charge in [0.25, 0.3) is 0 Å². The van der Waals surface area contributed by atoms with E-state index < -0.39 is 11.1 Å². The van der Waals surface area contributed by atoms with E-state index in [2.05, 4.69) is 63.9 Å². The van der Waals surface area contributed by atoms with E-state index in [4.69, 9.17) is 0 Å². The molecule has 0 aliphatic carbocycles. The van der Waals surface area contributed by atoms with Crippen LogP contribution < -0.4 is 0 Å². The number of benzene rings is 2. The number of fused-ring (bicyclic) bond motifs is 1. The zero-order valence-corrected chi connectivity index (χ0v) is 22.1. The Bertz CT molecular complexity index is 1010. The summed E-state index contributed by atoms with van der Waals surface area (Å²) in [6.07, 6.45) is 16.8. The molecule has 192 valence electrons. The van der Waals surface area contributed by atoms with Crippen LogP contribution in [0.15, 0.2) is 36.4 Å². The monoisotopic (exact) mass is 498 g/mol. The summed E-state index contributed by atoms with van der Waals surface area (Å²) in [6.45, 7) is 2.27. The Balaban J connectivity index is 1.58. The van der Waals surface area contributed by atoms with Crippen molar-refractivity contribution in [3.8, 4) is 0 Å². The van der Waals surface area contributed by atoms with Crippen LogP contribution in [0, 0.1) is 0 Å². The van der Waals surface area contributed by atoms with Gasteiger partial charge in [0.2, 0.25) is 0 Å². The van der Waals surface area contributed by atoms with Gasteiger partial charge in [-0.1, -0.05) is 106 Å². The number of nitrogens with zero attached hydrogens (tertiary/aromatic N) is 3. The Morgan fingerprint density at radius 2 is 1.69 bits per heavy atom. The number of aryl methyl sites for hydroxylation is 1. The van der Waals surface area contributed by atoms with Gasteiger partial charge in [0.05, 0.1) is 0 Å². The summed E-state index contributed by atoms with van der Waals surface area (Å²) in [5.74, 6) is 1.14. The van der Waals surface area contributed by atoms with Crippen LogP contribution >= 0.6 is 0 Å². The fraction of sp³-hybridized carbons (Fsp3) is 0.607. The van der Waals surface area contributed by atoms with Crippen LogP contribution in [0.2, 0.25) is 0 Å². The Hall–Kier alpha value is -2.12. The lowest BCUT2D eigenvalue weighted by atomic mass is 9.87. The predicted molar refractivity (Wildman–Crippen MR) is 145 cm³/mol. The van der Waals surface area contributed by atoms with E-state index in [0.717, 1.165) is 12.8 Å². The average molecular weight is 499 g/mol. The van der Waals surface area contributed by atoms with Crippen LogP contribution in [0.1, 0.15) is 107 Å².